The van der Waals surface area contributed by atoms with Crippen molar-refractivity contribution >= 4 is 47.5 Å². The van der Waals surface area contributed by atoms with Crippen LogP contribution in [0.15, 0.2) is 0 Å². The maximum atomic E-state index is 2.34. The van der Waals surface area contributed by atoms with Gasteiger partial charge < -0.3 is 0 Å². The van der Waals surface area contributed by atoms with Crippen LogP contribution in [0.1, 0.15) is 20.8 Å². The third-order valence-corrected chi connectivity index (χ3v) is 13.6. The van der Waals surface area contributed by atoms with Crippen molar-refractivity contribution < 1.29 is 0 Å². The molecule has 60 valence electrons. The maximum absolute atomic E-state index is 2.34. The normalized spacial score (nSPS) is 9.90. The summed E-state index contributed by atoms with van der Waals surface area (Å²) in [6.07, 6.45) is 0. The Hall–Kier alpha value is 1.62. The van der Waals surface area contributed by atoms with E-state index in [-0.39, 0.29) is 0 Å². The molecule has 0 aromatic rings. The monoisotopic (exact) mass is 338 g/mol. The van der Waals surface area contributed by atoms with Crippen LogP contribution < -0.4 is 0 Å². The fourth-order valence-corrected chi connectivity index (χ4v) is 14.9. The van der Waals surface area contributed by atoms with E-state index in [1.54, 1.807) is 0 Å². The molecule has 10 heavy (non-hydrogen) atoms. The van der Waals surface area contributed by atoms with Crippen molar-refractivity contribution in [3.63, 3.8) is 0 Å². The molecule has 0 aromatic carbocycles. The minimum atomic E-state index is 0.992. The molecule has 0 aliphatic heterocycles. The number of hydrogen-bond acceptors (Lipinski definition) is 0. The standard InChI is InChI=1S/C6H15BSe3/c1-4-8-7(9-5-2)10-6-3/h4-6H2,1-3H3. The van der Waals surface area contributed by atoms with Gasteiger partial charge in [0.1, 0.15) is 0 Å². The summed E-state index contributed by atoms with van der Waals surface area (Å²) < 4.78 is 1.22. The molecule has 0 heterocycles. The summed E-state index contributed by atoms with van der Waals surface area (Å²) in [4.78, 5) is 0. The molecule has 0 fully saturated rings. The van der Waals surface area contributed by atoms with E-state index in [0.717, 1.165) is 44.3 Å². The summed E-state index contributed by atoms with van der Waals surface area (Å²) in [7, 11) is 0. The molecule has 0 bridgehead atoms. The van der Waals surface area contributed by atoms with Gasteiger partial charge in [-0.1, -0.05) is 0 Å². The third kappa shape index (κ3) is 6.34. The van der Waals surface area contributed by atoms with E-state index < -0.39 is 0 Å². The van der Waals surface area contributed by atoms with E-state index in [4.69, 9.17) is 0 Å². The van der Waals surface area contributed by atoms with Gasteiger partial charge in [-0.25, -0.2) is 0 Å². The van der Waals surface area contributed by atoms with Crippen LogP contribution in [-0.2, 0) is 0 Å². The second-order valence-corrected chi connectivity index (χ2v) is 14.9. The molecular formula is C6H15BSe3. The van der Waals surface area contributed by atoms with E-state index in [1.807, 2.05) is 0 Å². The summed E-state index contributed by atoms with van der Waals surface area (Å²) in [5.74, 6) is 0. The first-order valence-electron chi connectivity index (χ1n) is 3.69. The van der Waals surface area contributed by atoms with Gasteiger partial charge in [-0.3, -0.25) is 0 Å². The molecule has 0 radical (unpaired) electrons. The van der Waals surface area contributed by atoms with E-state index in [0.29, 0.717) is 0 Å². The summed E-state index contributed by atoms with van der Waals surface area (Å²) in [5.41, 5.74) is 0. The molecule has 4 heteroatoms. The van der Waals surface area contributed by atoms with Crippen molar-refractivity contribution in [2.45, 2.75) is 36.7 Å². The summed E-state index contributed by atoms with van der Waals surface area (Å²) >= 11 is 2.98. The number of rotatable bonds is 6. The molecule has 0 atom stereocenters. The van der Waals surface area contributed by atoms with Gasteiger partial charge in [0, 0.05) is 0 Å². The molecule has 0 nitrogen and oxygen atoms in total. The zero-order valence-corrected chi connectivity index (χ0v) is 12.1. The molecule has 0 spiro atoms. The van der Waals surface area contributed by atoms with Gasteiger partial charge in [0.2, 0.25) is 0 Å². The second-order valence-electron chi connectivity index (χ2n) is 1.65. The molecule has 0 aliphatic carbocycles. The Morgan fingerprint density at radius 3 is 1.30 bits per heavy atom. The van der Waals surface area contributed by atoms with E-state index in [9.17, 15) is 0 Å². The van der Waals surface area contributed by atoms with E-state index in [2.05, 4.69) is 20.8 Å². The molecule has 0 unspecified atom stereocenters. The van der Waals surface area contributed by atoms with Crippen LogP contribution in [0, 0.1) is 0 Å². The van der Waals surface area contributed by atoms with Gasteiger partial charge in [0.15, 0.2) is 0 Å². The summed E-state index contributed by atoms with van der Waals surface area (Å²) in [5, 5.41) is 4.38. The first-order chi connectivity index (χ1) is 4.85. The minimum absolute atomic E-state index is 0.992. The van der Waals surface area contributed by atoms with Crippen molar-refractivity contribution in [3.8, 4) is 0 Å². The van der Waals surface area contributed by atoms with Crippen LogP contribution >= 0.6 is 0 Å². The molecule has 0 aliphatic rings. The molecule has 0 aromatic heterocycles. The average molecular weight is 335 g/mol. The Morgan fingerprint density at radius 1 is 0.800 bits per heavy atom. The predicted molar refractivity (Wildman–Crippen MR) is 54.5 cm³/mol. The molecule has 0 rings (SSSR count). The fraction of sp³-hybridized carbons (Fsp3) is 1.00. The summed E-state index contributed by atoms with van der Waals surface area (Å²) in [6, 6.07) is 0. The van der Waals surface area contributed by atoms with Gasteiger partial charge in [-0.15, -0.1) is 0 Å². The SMILES string of the molecule is CC[Se]B([Se]CC)[Se]CC. The van der Waals surface area contributed by atoms with Crippen molar-refractivity contribution in [1.29, 1.82) is 0 Å². The van der Waals surface area contributed by atoms with Crippen LogP contribution in [0.4, 0.5) is 0 Å². The van der Waals surface area contributed by atoms with Crippen molar-refractivity contribution in [3.05, 3.63) is 0 Å². The Morgan fingerprint density at radius 2 is 1.10 bits per heavy atom. The topological polar surface area (TPSA) is 0 Å². The van der Waals surface area contributed by atoms with E-state index in [1.165, 1.54) is 19.1 Å². The zero-order chi connectivity index (χ0) is 7.82. The zero-order valence-electron chi connectivity index (χ0n) is 6.92. The first kappa shape index (κ1) is 11.6. The van der Waals surface area contributed by atoms with Gasteiger partial charge in [-0.2, -0.15) is 0 Å². The van der Waals surface area contributed by atoms with Crippen molar-refractivity contribution in [1.82, 2.24) is 0 Å². The summed E-state index contributed by atoms with van der Waals surface area (Å²) in [6.45, 7) is 7.01. The third-order valence-electron chi connectivity index (χ3n) is 0.908. The Bertz CT molecular complexity index is 55.7. The molecule has 0 N–H and O–H groups in total. The second kappa shape index (κ2) is 8.72. The van der Waals surface area contributed by atoms with Crippen molar-refractivity contribution in [2.24, 2.45) is 0 Å². The van der Waals surface area contributed by atoms with Crippen LogP contribution in [0.5, 0.6) is 0 Å². The van der Waals surface area contributed by atoms with E-state index >= 15 is 0 Å². The first-order valence-corrected chi connectivity index (χ1v) is 10.3. The van der Waals surface area contributed by atoms with Crippen LogP contribution in [0.2, 0.25) is 16.0 Å². The van der Waals surface area contributed by atoms with Gasteiger partial charge in [-0.05, 0) is 0 Å². The van der Waals surface area contributed by atoms with Gasteiger partial charge in [0.05, 0.1) is 0 Å². The average Bonchev–Trinajstić information content (AvgIpc) is 1.90. The van der Waals surface area contributed by atoms with Crippen LogP contribution in [0.3, 0.4) is 0 Å². The Labute approximate surface area is 83.8 Å². The molecule has 0 saturated carbocycles. The number of hydrogen-bond donors (Lipinski definition) is 0. The fourth-order valence-electron chi connectivity index (χ4n) is 0.553. The Balaban J connectivity index is 3.30. The molecule has 0 amide bonds. The Kier molecular flexibility index (Phi) is 10.1. The van der Waals surface area contributed by atoms with Crippen LogP contribution in [-0.4, -0.2) is 47.5 Å². The van der Waals surface area contributed by atoms with Crippen molar-refractivity contribution in [2.75, 3.05) is 0 Å². The predicted octanol–water partition coefficient (Wildman–Crippen LogP) is 1.40. The van der Waals surface area contributed by atoms with Gasteiger partial charge >= 0.3 is 84.2 Å². The quantitative estimate of drug-likeness (QED) is 0.644. The van der Waals surface area contributed by atoms with Crippen LogP contribution in [0.25, 0.3) is 0 Å². The molecule has 0 saturated heterocycles. The molecular weight excluding hydrogens is 320 g/mol. The van der Waals surface area contributed by atoms with Gasteiger partial charge in [0.25, 0.3) is 0 Å².